The summed E-state index contributed by atoms with van der Waals surface area (Å²) in [5.41, 5.74) is 14.1. The number of amides is 2. The van der Waals surface area contributed by atoms with Gasteiger partial charge in [-0.25, -0.2) is 9.59 Å². The van der Waals surface area contributed by atoms with E-state index in [2.05, 4.69) is 25.6 Å². The first-order valence-corrected chi connectivity index (χ1v) is 12.3. The molecule has 4 rings (SSSR count). The number of hydrogen-bond donors (Lipinski definition) is 7. The van der Waals surface area contributed by atoms with Gasteiger partial charge in [0.25, 0.3) is 11.8 Å². The Morgan fingerprint density at radius 2 is 1.60 bits per heavy atom. The average molecular weight is 546 g/mol. The van der Waals surface area contributed by atoms with Gasteiger partial charge in [-0.2, -0.15) is 9.97 Å². The largest absolute Gasteiger partial charge is 0.480 e. The minimum absolute atomic E-state index is 0.0443. The summed E-state index contributed by atoms with van der Waals surface area (Å²) in [6.45, 7) is -0.0983. The number of anilines is 2. The number of carbonyl (C=O) groups excluding carboxylic acids is 2. The minimum Gasteiger partial charge on any atom is -0.480 e. The molecule has 0 bridgehead atoms. The molecule has 0 aliphatic rings. The highest BCUT2D eigenvalue weighted by Gasteiger charge is 2.22. The Morgan fingerprint density at radius 3 is 2.27 bits per heavy atom. The van der Waals surface area contributed by atoms with E-state index >= 15 is 0 Å². The average Bonchev–Trinajstić information content (AvgIpc) is 3.34. The van der Waals surface area contributed by atoms with E-state index in [1.165, 1.54) is 24.3 Å². The molecule has 4 aromatic rings. The van der Waals surface area contributed by atoms with Crippen molar-refractivity contribution in [2.45, 2.75) is 25.3 Å². The normalized spacial score (nSPS) is 11.6. The third-order valence-electron chi connectivity index (χ3n) is 6.28. The predicted octanol–water partition coefficient (Wildman–Crippen LogP) is 1.61. The van der Waals surface area contributed by atoms with Crippen molar-refractivity contribution in [3.63, 3.8) is 0 Å². The SMILES string of the molecule is Nc1nc(N)c2c(CCc3ccc(C(=O)N[C@@H](CCNC(=O)c4ccccc4C(=O)O)C(=O)O)cc3)c[nH]c2n1. The summed E-state index contributed by atoms with van der Waals surface area (Å²) in [5.74, 6) is -3.38. The molecule has 40 heavy (non-hydrogen) atoms. The van der Waals surface area contributed by atoms with Crippen LogP contribution in [0, 0.1) is 0 Å². The van der Waals surface area contributed by atoms with Crippen molar-refractivity contribution in [1.29, 1.82) is 0 Å². The number of aryl methyl sites for hydroxylation is 2. The van der Waals surface area contributed by atoms with E-state index in [0.29, 0.717) is 29.7 Å². The number of nitrogens with two attached hydrogens (primary N) is 2. The minimum atomic E-state index is -1.27. The lowest BCUT2D eigenvalue weighted by molar-refractivity contribution is -0.139. The topological polar surface area (TPSA) is 226 Å². The number of aromatic amines is 1. The lowest BCUT2D eigenvalue weighted by Gasteiger charge is -2.15. The second-order valence-corrected chi connectivity index (χ2v) is 8.96. The number of rotatable bonds is 11. The van der Waals surface area contributed by atoms with E-state index in [9.17, 15) is 29.4 Å². The quantitative estimate of drug-likeness (QED) is 0.144. The summed E-state index contributed by atoms with van der Waals surface area (Å²) in [6, 6.07) is 11.2. The molecule has 0 spiro atoms. The van der Waals surface area contributed by atoms with Crippen molar-refractivity contribution in [2.75, 3.05) is 18.0 Å². The van der Waals surface area contributed by atoms with Gasteiger partial charge in [-0.1, -0.05) is 24.3 Å². The van der Waals surface area contributed by atoms with E-state index in [4.69, 9.17) is 11.5 Å². The molecule has 9 N–H and O–H groups in total. The van der Waals surface area contributed by atoms with Crippen molar-refractivity contribution >= 4 is 46.6 Å². The van der Waals surface area contributed by atoms with Crippen LogP contribution in [0.3, 0.4) is 0 Å². The van der Waals surface area contributed by atoms with Gasteiger partial charge in [0, 0.05) is 18.3 Å². The van der Waals surface area contributed by atoms with Gasteiger partial charge in [0.2, 0.25) is 5.95 Å². The number of benzene rings is 2. The number of aromatic nitrogens is 3. The van der Waals surface area contributed by atoms with E-state index in [1.54, 1.807) is 30.5 Å². The molecule has 0 aliphatic carbocycles. The van der Waals surface area contributed by atoms with Crippen LogP contribution in [-0.4, -0.2) is 61.5 Å². The van der Waals surface area contributed by atoms with Crippen LogP contribution in [0.1, 0.15) is 48.6 Å². The molecule has 2 aromatic heterocycles. The molecule has 13 nitrogen and oxygen atoms in total. The highest BCUT2D eigenvalue weighted by molar-refractivity contribution is 6.04. The molecule has 2 heterocycles. The standard InChI is InChI=1S/C27H27N7O6/c28-21-20-16(13-31-22(20)34-27(29)33-21)10-7-14-5-8-15(9-6-14)23(35)32-19(26(39)40)11-12-30-24(36)17-3-1-2-4-18(17)25(37)38/h1-6,8-9,13,19H,7,10-12H2,(H,30,36)(H,32,35)(H,37,38)(H,39,40)(H5,28,29,31,33,34)/t19-/m0/s1. The molecule has 0 saturated carbocycles. The number of nitrogens with one attached hydrogen (secondary N) is 3. The van der Waals surface area contributed by atoms with E-state index in [-0.39, 0.29) is 35.6 Å². The fourth-order valence-corrected chi connectivity index (χ4v) is 4.24. The van der Waals surface area contributed by atoms with Crippen molar-refractivity contribution in [1.82, 2.24) is 25.6 Å². The molecule has 0 radical (unpaired) electrons. The number of aromatic carboxylic acids is 1. The van der Waals surface area contributed by atoms with E-state index < -0.39 is 29.8 Å². The summed E-state index contributed by atoms with van der Waals surface area (Å²) >= 11 is 0. The van der Waals surface area contributed by atoms with Gasteiger partial charge in [-0.15, -0.1) is 0 Å². The predicted molar refractivity (Wildman–Crippen MR) is 146 cm³/mol. The first-order chi connectivity index (χ1) is 19.1. The molecule has 13 heteroatoms. The Morgan fingerprint density at radius 1 is 0.900 bits per heavy atom. The summed E-state index contributed by atoms with van der Waals surface area (Å²) in [4.78, 5) is 59.3. The van der Waals surface area contributed by atoms with Gasteiger partial charge in [0.1, 0.15) is 17.5 Å². The fraction of sp³-hybridized carbons (Fsp3) is 0.185. The van der Waals surface area contributed by atoms with Crippen LogP contribution in [0.4, 0.5) is 11.8 Å². The number of carboxylic acid groups (broad SMARTS) is 2. The summed E-state index contributed by atoms with van der Waals surface area (Å²) in [6.07, 6.45) is 2.97. The van der Waals surface area contributed by atoms with Crippen molar-refractivity contribution in [3.05, 3.63) is 82.5 Å². The van der Waals surface area contributed by atoms with Crippen LogP contribution >= 0.6 is 0 Å². The van der Waals surface area contributed by atoms with Crippen LogP contribution in [0.25, 0.3) is 11.0 Å². The highest BCUT2D eigenvalue weighted by Crippen LogP contribution is 2.24. The van der Waals surface area contributed by atoms with Crippen LogP contribution in [0.15, 0.2) is 54.7 Å². The van der Waals surface area contributed by atoms with Gasteiger partial charge in [-0.3, -0.25) is 9.59 Å². The number of carbonyl (C=O) groups is 4. The van der Waals surface area contributed by atoms with Crippen LogP contribution in [0.2, 0.25) is 0 Å². The van der Waals surface area contributed by atoms with Gasteiger partial charge < -0.3 is 37.3 Å². The number of H-pyrrole nitrogens is 1. The third kappa shape index (κ3) is 6.32. The zero-order valence-corrected chi connectivity index (χ0v) is 21.2. The first-order valence-electron chi connectivity index (χ1n) is 12.3. The highest BCUT2D eigenvalue weighted by atomic mass is 16.4. The lowest BCUT2D eigenvalue weighted by atomic mass is 10.0. The molecule has 0 saturated heterocycles. The Bertz CT molecular complexity index is 1580. The monoisotopic (exact) mass is 545 g/mol. The molecule has 0 aliphatic heterocycles. The molecule has 0 fully saturated rings. The summed E-state index contributed by atoms with van der Waals surface area (Å²) in [5, 5.41) is 24.5. The van der Waals surface area contributed by atoms with Gasteiger partial charge in [0.05, 0.1) is 16.5 Å². The van der Waals surface area contributed by atoms with Crippen molar-refractivity contribution in [2.24, 2.45) is 0 Å². The molecule has 0 unspecified atom stereocenters. The molecular weight excluding hydrogens is 518 g/mol. The zero-order chi connectivity index (χ0) is 28.8. The summed E-state index contributed by atoms with van der Waals surface area (Å²) < 4.78 is 0. The van der Waals surface area contributed by atoms with Crippen molar-refractivity contribution < 1.29 is 29.4 Å². The molecule has 2 amide bonds. The molecule has 1 atom stereocenters. The van der Waals surface area contributed by atoms with E-state index in [0.717, 1.165) is 11.1 Å². The number of nitrogens with zero attached hydrogens (tertiary/aromatic N) is 2. The smallest absolute Gasteiger partial charge is 0.336 e. The van der Waals surface area contributed by atoms with Gasteiger partial charge >= 0.3 is 11.9 Å². The first kappa shape index (κ1) is 27.6. The second kappa shape index (κ2) is 11.9. The maximum Gasteiger partial charge on any atom is 0.336 e. The van der Waals surface area contributed by atoms with Crippen LogP contribution in [-0.2, 0) is 17.6 Å². The Kier molecular flexibility index (Phi) is 8.23. The molecule has 2 aromatic carbocycles. The lowest BCUT2D eigenvalue weighted by Crippen LogP contribution is -2.43. The van der Waals surface area contributed by atoms with Gasteiger partial charge in [0.15, 0.2) is 0 Å². The van der Waals surface area contributed by atoms with E-state index in [1.807, 2.05) is 0 Å². The summed E-state index contributed by atoms with van der Waals surface area (Å²) in [7, 11) is 0. The maximum absolute atomic E-state index is 12.7. The Hall–Kier alpha value is -5.46. The number of fused-ring (bicyclic) bond motifs is 1. The van der Waals surface area contributed by atoms with Crippen molar-refractivity contribution in [3.8, 4) is 0 Å². The van der Waals surface area contributed by atoms with Crippen LogP contribution < -0.4 is 22.1 Å². The number of aliphatic carboxylic acids is 1. The van der Waals surface area contributed by atoms with Gasteiger partial charge in [-0.05, 0) is 54.7 Å². The molecular formula is C27H27N7O6. The number of hydrogen-bond acceptors (Lipinski definition) is 8. The maximum atomic E-state index is 12.7. The Labute approximate surface area is 227 Å². The zero-order valence-electron chi connectivity index (χ0n) is 21.2. The number of carboxylic acids is 2. The van der Waals surface area contributed by atoms with Crippen LogP contribution in [0.5, 0.6) is 0 Å². The third-order valence-corrected chi connectivity index (χ3v) is 6.28. The molecule has 206 valence electrons. The number of nitrogen functional groups attached to an aromatic ring is 2. The second-order valence-electron chi connectivity index (χ2n) is 8.96. The Balaban J connectivity index is 1.31. The fourth-order valence-electron chi connectivity index (χ4n) is 4.24.